The molecule has 0 saturated heterocycles. The molecular formula is C18H25N3. The Morgan fingerprint density at radius 3 is 2.62 bits per heavy atom. The van der Waals surface area contributed by atoms with Crippen LogP contribution in [-0.2, 0) is 13.1 Å². The number of aryl methyl sites for hydroxylation is 1. The normalized spacial score (nSPS) is 10.6. The van der Waals surface area contributed by atoms with Gasteiger partial charge in [0.1, 0.15) is 0 Å². The third-order valence-electron chi connectivity index (χ3n) is 3.56. The minimum Gasteiger partial charge on any atom is -0.370 e. The second kappa shape index (κ2) is 7.79. The average Bonchev–Trinajstić information content (AvgIpc) is 2.48. The van der Waals surface area contributed by atoms with Crippen LogP contribution in [0.25, 0.3) is 0 Å². The van der Waals surface area contributed by atoms with E-state index in [-0.39, 0.29) is 0 Å². The lowest BCUT2D eigenvalue weighted by Crippen LogP contribution is -2.21. The highest BCUT2D eigenvalue weighted by Crippen LogP contribution is 2.22. The van der Waals surface area contributed by atoms with Crippen molar-refractivity contribution in [2.75, 3.05) is 18.5 Å². The molecule has 0 aliphatic carbocycles. The van der Waals surface area contributed by atoms with E-state index in [0.717, 1.165) is 26.1 Å². The van der Waals surface area contributed by atoms with E-state index < -0.39 is 0 Å². The van der Waals surface area contributed by atoms with Crippen molar-refractivity contribution in [3.63, 3.8) is 0 Å². The lowest BCUT2D eigenvalue weighted by molar-refractivity contribution is 0.673. The zero-order valence-electron chi connectivity index (χ0n) is 13.3. The van der Waals surface area contributed by atoms with Crippen molar-refractivity contribution in [3.05, 3.63) is 59.4 Å². The molecule has 2 aromatic rings. The third-order valence-corrected chi connectivity index (χ3v) is 3.56. The van der Waals surface area contributed by atoms with E-state index in [1.807, 2.05) is 12.4 Å². The summed E-state index contributed by atoms with van der Waals surface area (Å²) in [4.78, 5) is 6.38. The van der Waals surface area contributed by atoms with Crippen LogP contribution in [0.4, 0.5) is 5.69 Å². The Bertz CT molecular complexity index is 552. The smallest absolute Gasteiger partial charge is 0.0427 e. The largest absolute Gasteiger partial charge is 0.370 e. The van der Waals surface area contributed by atoms with Crippen LogP contribution in [0, 0.1) is 6.92 Å². The number of aromatic nitrogens is 1. The summed E-state index contributed by atoms with van der Waals surface area (Å²) >= 11 is 0. The molecule has 3 nitrogen and oxygen atoms in total. The maximum Gasteiger partial charge on any atom is 0.0427 e. The molecule has 0 fully saturated rings. The van der Waals surface area contributed by atoms with Crippen LogP contribution in [0.2, 0.25) is 0 Å². The molecule has 112 valence electrons. The van der Waals surface area contributed by atoms with Gasteiger partial charge < -0.3 is 10.2 Å². The molecule has 1 heterocycles. The van der Waals surface area contributed by atoms with E-state index in [1.165, 1.54) is 22.4 Å². The summed E-state index contributed by atoms with van der Waals surface area (Å²) < 4.78 is 0. The molecule has 0 amide bonds. The van der Waals surface area contributed by atoms with Crippen LogP contribution in [0.5, 0.6) is 0 Å². The summed E-state index contributed by atoms with van der Waals surface area (Å²) in [5.74, 6) is 0. The van der Waals surface area contributed by atoms with Crippen molar-refractivity contribution in [1.82, 2.24) is 10.3 Å². The summed E-state index contributed by atoms with van der Waals surface area (Å²) in [7, 11) is 2.15. The molecular weight excluding hydrogens is 258 g/mol. The van der Waals surface area contributed by atoms with Gasteiger partial charge in [-0.3, -0.25) is 4.98 Å². The second-order valence-corrected chi connectivity index (χ2v) is 5.52. The zero-order valence-corrected chi connectivity index (χ0v) is 13.3. The number of benzene rings is 1. The first-order chi connectivity index (χ1) is 10.2. The number of anilines is 1. The first-order valence-electron chi connectivity index (χ1n) is 7.61. The molecule has 0 unspecified atom stereocenters. The van der Waals surface area contributed by atoms with E-state index in [1.54, 1.807) is 0 Å². The van der Waals surface area contributed by atoms with E-state index >= 15 is 0 Å². The van der Waals surface area contributed by atoms with Gasteiger partial charge in [-0.25, -0.2) is 0 Å². The summed E-state index contributed by atoms with van der Waals surface area (Å²) in [6.07, 6.45) is 4.86. The lowest BCUT2D eigenvalue weighted by atomic mass is 10.1. The third kappa shape index (κ3) is 4.57. The van der Waals surface area contributed by atoms with E-state index in [0.29, 0.717) is 0 Å². The first kappa shape index (κ1) is 15.5. The predicted octanol–water partition coefficient (Wildman–Crippen LogP) is 3.53. The fourth-order valence-electron chi connectivity index (χ4n) is 2.48. The highest BCUT2D eigenvalue weighted by molar-refractivity contribution is 5.54. The van der Waals surface area contributed by atoms with E-state index in [2.05, 4.69) is 66.4 Å². The Morgan fingerprint density at radius 1 is 1.14 bits per heavy atom. The zero-order chi connectivity index (χ0) is 15.1. The summed E-state index contributed by atoms with van der Waals surface area (Å²) in [6, 6.07) is 10.8. The molecule has 3 heteroatoms. The molecule has 0 radical (unpaired) electrons. The maximum atomic E-state index is 4.08. The highest BCUT2D eigenvalue weighted by Gasteiger charge is 2.08. The minimum absolute atomic E-state index is 0.895. The topological polar surface area (TPSA) is 28.2 Å². The van der Waals surface area contributed by atoms with Crippen LogP contribution in [-0.4, -0.2) is 18.6 Å². The molecule has 1 aromatic heterocycles. The molecule has 1 N–H and O–H groups in total. The molecule has 0 aliphatic heterocycles. The average molecular weight is 283 g/mol. The number of hydrogen-bond acceptors (Lipinski definition) is 3. The van der Waals surface area contributed by atoms with Gasteiger partial charge in [0.05, 0.1) is 0 Å². The summed E-state index contributed by atoms with van der Waals surface area (Å²) in [5.41, 5.74) is 5.24. The number of hydrogen-bond donors (Lipinski definition) is 1. The summed E-state index contributed by atoms with van der Waals surface area (Å²) in [6.45, 7) is 7.22. The van der Waals surface area contributed by atoms with Crippen molar-refractivity contribution in [3.8, 4) is 0 Å². The number of nitrogens with one attached hydrogen (secondary N) is 1. The quantitative estimate of drug-likeness (QED) is 0.788. The van der Waals surface area contributed by atoms with Gasteiger partial charge in [-0.2, -0.15) is 0 Å². The van der Waals surface area contributed by atoms with Crippen LogP contribution in [0.1, 0.15) is 30.0 Å². The molecule has 0 saturated carbocycles. The van der Waals surface area contributed by atoms with Gasteiger partial charge in [0.15, 0.2) is 0 Å². The van der Waals surface area contributed by atoms with Crippen LogP contribution < -0.4 is 10.2 Å². The minimum atomic E-state index is 0.895. The molecule has 0 spiro atoms. The van der Waals surface area contributed by atoms with Gasteiger partial charge in [0.25, 0.3) is 0 Å². The van der Waals surface area contributed by atoms with Gasteiger partial charge >= 0.3 is 0 Å². The van der Waals surface area contributed by atoms with Crippen molar-refractivity contribution in [2.45, 2.75) is 33.4 Å². The Labute approximate surface area is 128 Å². The fourth-order valence-corrected chi connectivity index (χ4v) is 2.48. The molecule has 1 aromatic carbocycles. The Morgan fingerprint density at radius 2 is 1.90 bits per heavy atom. The standard InChI is InChI=1S/C18H25N3/c1-4-9-20-13-17-12-15(2)5-6-18(17)21(3)14-16-7-10-19-11-8-16/h5-8,10-12,20H,4,9,13-14H2,1-3H3. The maximum absolute atomic E-state index is 4.08. The van der Waals surface area contributed by atoms with Crippen molar-refractivity contribution >= 4 is 5.69 Å². The van der Waals surface area contributed by atoms with E-state index in [4.69, 9.17) is 0 Å². The van der Waals surface area contributed by atoms with Crippen molar-refractivity contribution < 1.29 is 0 Å². The predicted molar refractivity (Wildman–Crippen MR) is 89.5 cm³/mol. The summed E-state index contributed by atoms with van der Waals surface area (Å²) in [5, 5.41) is 3.50. The number of nitrogens with zero attached hydrogens (tertiary/aromatic N) is 2. The van der Waals surface area contributed by atoms with Crippen molar-refractivity contribution in [2.24, 2.45) is 0 Å². The van der Waals surface area contributed by atoms with Crippen LogP contribution in [0.15, 0.2) is 42.7 Å². The molecule has 0 aliphatic rings. The SMILES string of the molecule is CCCNCc1cc(C)ccc1N(C)Cc1ccncc1. The van der Waals surface area contributed by atoms with Gasteiger partial charge in [-0.15, -0.1) is 0 Å². The molecule has 0 bridgehead atoms. The Kier molecular flexibility index (Phi) is 5.76. The van der Waals surface area contributed by atoms with Gasteiger partial charge in [-0.05, 0) is 49.2 Å². The Hall–Kier alpha value is -1.87. The molecule has 21 heavy (non-hydrogen) atoms. The van der Waals surface area contributed by atoms with E-state index in [9.17, 15) is 0 Å². The first-order valence-corrected chi connectivity index (χ1v) is 7.61. The van der Waals surface area contributed by atoms with Gasteiger partial charge in [0, 0.05) is 38.2 Å². The van der Waals surface area contributed by atoms with Crippen molar-refractivity contribution in [1.29, 1.82) is 0 Å². The van der Waals surface area contributed by atoms with Gasteiger partial charge in [-0.1, -0.05) is 24.6 Å². The van der Waals surface area contributed by atoms with Crippen LogP contribution in [0.3, 0.4) is 0 Å². The number of pyridine rings is 1. The number of rotatable bonds is 7. The Balaban J connectivity index is 2.13. The molecule has 0 atom stereocenters. The van der Waals surface area contributed by atoms with Crippen LogP contribution >= 0.6 is 0 Å². The highest BCUT2D eigenvalue weighted by atomic mass is 15.1. The van der Waals surface area contributed by atoms with Gasteiger partial charge in [0.2, 0.25) is 0 Å². The monoisotopic (exact) mass is 283 g/mol. The lowest BCUT2D eigenvalue weighted by Gasteiger charge is -2.23. The second-order valence-electron chi connectivity index (χ2n) is 5.52. The molecule has 2 rings (SSSR count). The fraction of sp³-hybridized carbons (Fsp3) is 0.389.